The zero-order valence-corrected chi connectivity index (χ0v) is 14.8. The van der Waals surface area contributed by atoms with Gasteiger partial charge in [-0.05, 0) is 44.0 Å². The Labute approximate surface area is 153 Å². The minimum absolute atomic E-state index is 0.0545. The summed E-state index contributed by atoms with van der Waals surface area (Å²) in [6.07, 6.45) is 0.840. The van der Waals surface area contributed by atoms with Gasteiger partial charge in [-0.2, -0.15) is 0 Å². The minimum atomic E-state index is -0.785. The molecule has 26 heavy (non-hydrogen) atoms. The number of hydrogen-bond donors (Lipinski definition) is 2. The summed E-state index contributed by atoms with van der Waals surface area (Å²) in [6.45, 7) is 2.05. The van der Waals surface area contributed by atoms with E-state index >= 15 is 0 Å². The van der Waals surface area contributed by atoms with Gasteiger partial charge in [0.05, 0.1) is 0 Å². The van der Waals surface area contributed by atoms with Crippen molar-refractivity contribution >= 4 is 23.2 Å². The predicted molar refractivity (Wildman–Crippen MR) is 99.9 cm³/mol. The lowest BCUT2D eigenvalue weighted by molar-refractivity contribution is -0.134. The van der Waals surface area contributed by atoms with Gasteiger partial charge in [0.15, 0.2) is 0 Å². The summed E-state index contributed by atoms with van der Waals surface area (Å²) in [5.41, 5.74) is 11.0. The maximum Gasteiger partial charge on any atom is 0.244 e. The third-order valence-corrected chi connectivity index (χ3v) is 4.37. The Morgan fingerprint density at radius 1 is 1.00 bits per heavy atom. The molecule has 0 fully saturated rings. The van der Waals surface area contributed by atoms with Crippen molar-refractivity contribution in [3.63, 3.8) is 0 Å². The van der Waals surface area contributed by atoms with Crippen LogP contribution in [0.2, 0.25) is 0 Å². The first-order chi connectivity index (χ1) is 12.5. The second-order valence-corrected chi connectivity index (χ2v) is 6.27. The molecule has 2 amide bonds. The summed E-state index contributed by atoms with van der Waals surface area (Å²) in [4.78, 5) is 25.0. The Kier molecular flexibility index (Phi) is 7.17. The van der Waals surface area contributed by atoms with E-state index in [9.17, 15) is 9.59 Å². The van der Waals surface area contributed by atoms with E-state index in [4.69, 9.17) is 10.9 Å². The molecule has 2 aromatic carbocycles. The standard InChI is InChI=1S/C20H24N3O3/c1-15(12-13-16(20(21)25)14-19(24)22-26)23(17-8-4-2-5-9-17)18-10-6-3-7-11-18/h2-11,15-16,21,26H,12-14H2,1H3,(H,22,24). The molecule has 3 N–H and O–H groups in total. The number of nitrogens with one attached hydrogen (secondary N) is 2. The molecule has 0 saturated carbocycles. The average Bonchev–Trinajstić information content (AvgIpc) is 2.66. The lowest BCUT2D eigenvalue weighted by atomic mass is 9.95. The van der Waals surface area contributed by atoms with Crippen LogP contribution in [0.4, 0.5) is 11.4 Å². The smallest absolute Gasteiger partial charge is 0.244 e. The Bertz CT molecular complexity index is 667. The number of nitrogens with zero attached hydrogens (tertiary/aromatic N) is 1. The van der Waals surface area contributed by atoms with Crippen LogP contribution < -0.4 is 16.1 Å². The van der Waals surface area contributed by atoms with Crippen molar-refractivity contribution in [3.05, 3.63) is 60.7 Å². The number of anilines is 2. The molecule has 137 valence electrons. The molecule has 2 atom stereocenters. The number of amides is 2. The SMILES string of the molecule is CC(CCC(CC(=O)NO)C([NH])=O)N(c1ccccc1)c1ccccc1. The van der Waals surface area contributed by atoms with Crippen LogP contribution in [0.5, 0.6) is 0 Å². The molecule has 0 saturated heterocycles. The Morgan fingerprint density at radius 3 is 1.92 bits per heavy atom. The van der Waals surface area contributed by atoms with Gasteiger partial charge < -0.3 is 4.90 Å². The van der Waals surface area contributed by atoms with Crippen LogP contribution in [0, 0.1) is 5.92 Å². The molecule has 0 bridgehead atoms. The Balaban J connectivity index is 2.15. The molecule has 0 aromatic heterocycles. The van der Waals surface area contributed by atoms with Crippen molar-refractivity contribution in [2.24, 2.45) is 5.92 Å². The van der Waals surface area contributed by atoms with Crippen molar-refractivity contribution in [2.45, 2.75) is 32.2 Å². The molecule has 0 spiro atoms. The molecule has 0 aliphatic carbocycles. The van der Waals surface area contributed by atoms with Gasteiger partial charge in [-0.3, -0.25) is 20.5 Å². The predicted octanol–water partition coefficient (Wildman–Crippen LogP) is 3.31. The van der Waals surface area contributed by atoms with E-state index in [0.29, 0.717) is 12.8 Å². The van der Waals surface area contributed by atoms with E-state index in [2.05, 4.69) is 11.8 Å². The Hall–Kier alpha value is -2.86. The largest absolute Gasteiger partial charge is 0.339 e. The van der Waals surface area contributed by atoms with Crippen LogP contribution in [-0.4, -0.2) is 23.1 Å². The molecule has 0 heterocycles. The van der Waals surface area contributed by atoms with Crippen molar-refractivity contribution in [1.29, 1.82) is 0 Å². The number of rotatable bonds is 9. The van der Waals surface area contributed by atoms with Crippen molar-refractivity contribution < 1.29 is 14.8 Å². The first-order valence-electron chi connectivity index (χ1n) is 8.60. The maximum absolute atomic E-state index is 11.5. The summed E-state index contributed by atoms with van der Waals surface area (Å²) >= 11 is 0. The zero-order valence-electron chi connectivity index (χ0n) is 14.8. The highest BCUT2D eigenvalue weighted by atomic mass is 16.5. The van der Waals surface area contributed by atoms with Crippen molar-refractivity contribution in [2.75, 3.05) is 4.90 Å². The van der Waals surface area contributed by atoms with Gasteiger partial charge in [-0.15, -0.1) is 0 Å². The van der Waals surface area contributed by atoms with E-state index < -0.39 is 17.7 Å². The molecule has 2 aromatic rings. The van der Waals surface area contributed by atoms with Gasteiger partial charge in [-0.1, -0.05) is 36.4 Å². The van der Waals surface area contributed by atoms with E-state index in [1.807, 2.05) is 60.7 Å². The molecule has 1 radical (unpaired) electrons. The maximum atomic E-state index is 11.5. The summed E-state index contributed by atoms with van der Waals surface area (Å²) in [5.74, 6) is -2.16. The van der Waals surface area contributed by atoms with Gasteiger partial charge in [0.1, 0.15) is 0 Å². The first-order valence-corrected chi connectivity index (χ1v) is 8.60. The van der Waals surface area contributed by atoms with Crippen LogP contribution in [0.25, 0.3) is 0 Å². The van der Waals surface area contributed by atoms with E-state index in [0.717, 1.165) is 11.4 Å². The van der Waals surface area contributed by atoms with Crippen LogP contribution in [0.1, 0.15) is 26.2 Å². The zero-order chi connectivity index (χ0) is 18.9. The number of hydroxylamine groups is 1. The lowest BCUT2D eigenvalue weighted by Crippen LogP contribution is -2.31. The molecule has 6 nitrogen and oxygen atoms in total. The number of para-hydroxylation sites is 2. The monoisotopic (exact) mass is 354 g/mol. The summed E-state index contributed by atoms with van der Waals surface area (Å²) in [6, 6.07) is 20.0. The number of carbonyl (C=O) groups is 2. The molecule has 6 heteroatoms. The average molecular weight is 354 g/mol. The highest BCUT2D eigenvalue weighted by molar-refractivity contribution is 5.83. The first kappa shape index (κ1) is 19.5. The summed E-state index contributed by atoms with van der Waals surface area (Å²) in [7, 11) is 0. The highest BCUT2D eigenvalue weighted by Crippen LogP contribution is 2.30. The molecule has 2 rings (SSSR count). The Morgan fingerprint density at radius 2 is 1.50 bits per heavy atom. The van der Waals surface area contributed by atoms with Crippen molar-refractivity contribution in [1.82, 2.24) is 11.2 Å². The second kappa shape index (κ2) is 9.58. The fraction of sp³-hybridized carbons (Fsp3) is 0.300. The topological polar surface area (TPSA) is 93.4 Å². The fourth-order valence-electron chi connectivity index (χ4n) is 3.00. The van der Waals surface area contributed by atoms with E-state index in [1.54, 1.807) is 0 Å². The van der Waals surface area contributed by atoms with Gasteiger partial charge >= 0.3 is 0 Å². The quantitative estimate of drug-likeness (QED) is 0.533. The van der Waals surface area contributed by atoms with Gasteiger partial charge in [0, 0.05) is 29.8 Å². The summed E-state index contributed by atoms with van der Waals surface area (Å²) in [5, 5.41) is 8.65. The molecule has 0 aliphatic heterocycles. The van der Waals surface area contributed by atoms with E-state index in [-0.39, 0.29) is 12.5 Å². The normalized spacial score (nSPS) is 12.8. The van der Waals surface area contributed by atoms with E-state index in [1.165, 1.54) is 5.48 Å². The lowest BCUT2D eigenvalue weighted by Gasteiger charge is -2.32. The van der Waals surface area contributed by atoms with Crippen molar-refractivity contribution in [3.8, 4) is 0 Å². The van der Waals surface area contributed by atoms with Crippen LogP contribution in [0.3, 0.4) is 0 Å². The number of hydrogen-bond acceptors (Lipinski definition) is 4. The molecular weight excluding hydrogens is 330 g/mol. The third kappa shape index (κ3) is 5.32. The van der Waals surface area contributed by atoms with Crippen LogP contribution >= 0.6 is 0 Å². The highest BCUT2D eigenvalue weighted by Gasteiger charge is 2.23. The third-order valence-electron chi connectivity index (χ3n) is 4.37. The van der Waals surface area contributed by atoms with Gasteiger partial charge in [-0.25, -0.2) is 5.48 Å². The van der Waals surface area contributed by atoms with Gasteiger partial charge in [0.2, 0.25) is 11.8 Å². The molecule has 2 unspecified atom stereocenters. The van der Waals surface area contributed by atoms with Gasteiger partial charge in [0.25, 0.3) is 0 Å². The molecule has 0 aliphatic rings. The molecular formula is C20H24N3O3. The number of carbonyl (C=O) groups excluding carboxylic acids is 2. The fourth-order valence-corrected chi connectivity index (χ4v) is 3.00. The van der Waals surface area contributed by atoms with Crippen LogP contribution in [0.15, 0.2) is 60.7 Å². The number of benzene rings is 2. The summed E-state index contributed by atoms with van der Waals surface area (Å²) < 4.78 is 0. The van der Waals surface area contributed by atoms with Crippen LogP contribution in [-0.2, 0) is 9.59 Å². The minimum Gasteiger partial charge on any atom is -0.339 e. The second-order valence-electron chi connectivity index (χ2n) is 6.27.